The Bertz CT molecular complexity index is 347. The minimum absolute atomic E-state index is 0.0885. The van der Waals surface area contributed by atoms with Crippen LogP contribution in [0.15, 0.2) is 12.1 Å². The lowest BCUT2D eigenvalue weighted by Crippen LogP contribution is -2.37. The lowest BCUT2D eigenvalue weighted by Gasteiger charge is -2.29. The van der Waals surface area contributed by atoms with Crippen LogP contribution >= 0.6 is 0 Å². The van der Waals surface area contributed by atoms with E-state index < -0.39 is 0 Å². The molecule has 1 heterocycles. The highest BCUT2D eigenvalue weighted by Crippen LogP contribution is 2.31. The predicted molar refractivity (Wildman–Crippen MR) is 81.2 cm³/mol. The Labute approximate surface area is 113 Å². The van der Waals surface area contributed by atoms with Gasteiger partial charge in [-0.05, 0) is 17.0 Å². The van der Waals surface area contributed by atoms with Crippen molar-refractivity contribution >= 4 is 5.82 Å². The molecule has 0 radical (unpaired) electrons. The summed E-state index contributed by atoms with van der Waals surface area (Å²) < 4.78 is 0.757. The molecule has 2 heteroatoms. The largest absolute Gasteiger partial charge is 0.282 e. The second-order valence-electron chi connectivity index (χ2n) is 8.11. The number of quaternary nitrogens is 1. The number of rotatable bonds is 1. The first-order chi connectivity index (χ1) is 7.82. The summed E-state index contributed by atoms with van der Waals surface area (Å²) in [6, 6.07) is 4.51. The third kappa shape index (κ3) is 3.55. The minimum Gasteiger partial charge on any atom is -0.282 e. The van der Waals surface area contributed by atoms with Crippen LogP contribution in [-0.2, 0) is 10.8 Å². The van der Waals surface area contributed by atoms with Crippen molar-refractivity contribution in [3.63, 3.8) is 0 Å². The van der Waals surface area contributed by atoms with Crippen LogP contribution in [0.25, 0.3) is 0 Å². The Kier molecular flexibility index (Phi) is 3.66. The number of nitrogens with zero attached hydrogens (tertiary/aromatic N) is 2. The Hall–Kier alpha value is -0.890. The van der Waals surface area contributed by atoms with Gasteiger partial charge in [-0.3, -0.25) is 4.48 Å². The van der Waals surface area contributed by atoms with Crippen molar-refractivity contribution in [2.75, 3.05) is 21.1 Å². The highest BCUT2D eigenvalue weighted by atomic mass is 15.3. The maximum Gasteiger partial charge on any atom is 0.227 e. The molecule has 0 aromatic carbocycles. The molecule has 102 valence electrons. The van der Waals surface area contributed by atoms with E-state index in [9.17, 15) is 0 Å². The molecule has 0 fully saturated rings. The zero-order valence-corrected chi connectivity index (χ0v) is 13.5. The fourth-order valence-electron chi connectivity index (χ4n) is 1.68. The topological polar surface area (TPSA) is 12.9 Å². The monoisotopic (exact) mass is 249 g/mol. The molecule has 0 spiro atoms. The molecule has 18 heavy (non-hydrogen) atoms. The first-order valence-corrected chi connectivity index (χ1v) is 6.67. The molecule has 0 aliphatic carbocycles. The first-order valence-electron chi connectivity index (χ1n) is 6.67. The third-order valence-electron chi connectivity index (χ3n) is 3.13. The summed E-state index contributed by atoms with van der Waals surface area (Å²) in [5.41, 5.74) is 2.79. The second-order valence-corrected chi connectivity index (χ2v) is 8.11. The van der Waals surface area contributed by atoms with E-state index in [1.54, 1.807) is 0 Å². The quantitative estimate of drug-likeness (QED) is 0.688. The first kappa shape index (κ1) is 15.2. The molecule has 0 saturated heterocycles. The molecule has 0 amide bonds. The molecule has 1 rings (SSSR count). The number of pyridine rings is 1. The Morgan fingerprint density at radius 3 is 1.67 bits per heavy atom. The van der Waals surface area contributed by atoms with Crippen molar-refractivity contribution in [1.29, 1.82) is 0 Å². The van der Waals surface area contributed by atoms with Crippen molar-refractivity contribution in [1.82, 2.24) is 9.47 Å². The summed E-state index contributed by atoms with van der Waals surface area (Å²) in [6.07, 6.45) is 0. The van der Waals surface area contributed by atoms with E-state index >= 15 is 0 Å². The minimum atomic E-state index is 0.0885. The van der Waals surface area contributed by atoms with Gasteiger partial charge in [0, 0.05) is 11.5 Å². The number of aromatic nitrogens is 1. The van der Waals surface area contributed by atoms with E-state index in [-0.39, 0.29) is 10.8 Å². The summed E-state index contributed by atoms with van der Waals surface area (Å²) >= 11 is 0. The van der Waals surface area contributed by atoms with E-state index in [0.29, 0.717) is 0 Å². The van der Waals surface area contributed by atoms with Crippen LogP contribution in [0.1, 0.15) is 52.8 Å². The van der Waals surface area contributed by atoms with Crippen LogP contribution in [0, 0.1) is 0 Å². The maximum absolute atomic E-state index is 4.86. The molecular weight excluding hydrogens is 220 g/mol. The molecule has 0 aliphatic heterocycles. The third-order valence-corrected chi connectivity index (χ3v) is 3.13. The summed E-state index contributed by atoms with van der Waals surface area (Å²) in [4.78, 5) is 4.86. The molecule has 1 aromatic rings. The van der Waals surface area contributed by atoms with E-state index in [4.69, 9.17) is 4.98 Å². The number of hydrogen-bond donors (Lipinski definition) is 0. The SMILES string of the molecule is CC(C)(C)c1cc(C(C)(C)C)nc([N+](C)(C)C)c1. The van der Waals surface area contributed by atoms with E-state index in [2.05, 4.69) is 74.8 Å². The van der Waals surface area contributed by atoms with Crippen LogP contribution in [0.4, 0.5) is 5.82 Å². The van der Waals surface area contributed by atoms with Crippen molar-refractivity contribution in [3.8, 4) is 0 Å². The summed E-state index contributed by atoms with van der Waals surface area (Å²) in [7, 11) is 6.50. The standard InChI is InChI=1S/C16H29N2/c1-15(2,3)12-10-13(16(4,5)6)17-14(11-12)18(7,8)9/h10-11H,1-9H3/q+1. The maximum atomic E-state index is 4.86. The van der Waals surface area contributed by atoms with Gasteiger partial charge in [-0.2, -0.15) is 0 Å². The summed E-state index contributed by atoms with van der Waals surface area (Å²) in [6.45, 7) is 13.4. The van der Waals surface area contributed by atoms with Crippen LogP contribution in [0.3, 0.4) is 0 Å². The molecule has 0 atom stereocenters. The van der Waals surface area contributed by atoms with Gasteiger partial charge in [-0.25, -0.2) is 4.98 Å². The van der Waals surface area contributed by atoms with E-state index in [0.717, 1.165) is 10.3 Å². The van der Waals surface area contributed by atoms with Crippen LogP contribution in [0.2, 0.25) is 0 Å². The Balaban J connectivity index is 3.49. The van der Waals surface area contributed by atoms with Gasteiger partial charge in [0.1, 0.15) is 0 Å². The molecule has 0 saturated carbocycles. The Morgan fingerprint density at radius 2 is 1.33 bits per heavy atom. The smallest absolute Gasteiger partial charge is 0.227 e. The fraction of sp³-hybridized carbons (Fsp3) is 0.688. The van der Waals surface area contributed by atoms with Crippen molar-refractivity contribution in [2.45, 2.75) is 52.4 Å². The van der Waals surface area contributed by atoms with Gasteiger partial charge >= 0.3 is 0 Å². The molecule has 2 nitrogen and oxygen atoms in total. The highest BCUT2D eigenvalue weighted by Gasteiger charge is 2.25. The van der Waals surface area contributed by atoms with Gasteiger partial charge in [0.15, 0.2) is 0 Å². The van der Waals surface area contributed by atoms with Crippen LogP contribution in [0.5, 0.6) is 0 Å². The van der Waals surface area contributed by atoms with Crippen LogP contribution in [-0.4, -0.2) is 26.1 Å². The summed E-state index contributed by atoms with van der Waals surface area (Å²) in [5.74, 6) is 1.13. The van der Waals surface area contributed by atoms with Crippen molar-refractivity contribution in [3.05, 3.63) is 23.4 Å². The lowest BCUT2D eigenvalue weighted by molar-refractivity contribution is 0.460. The van der Waals surface area contributed by atoms with Gasteiger partial charge in [-0.1, -0.05) is 41.5 Å². The highest BCUT2D eigenvalue weighted by molar-refractivity contribution is 5.42. The lowest BCUT2D eigenvalue weighted by atomic mass is 9.83. The average Bonchev–Trinajstić information content (AvgIpc) is 2.13. The van der Waals surface area contributed by atoms with Gasteiger partial charge < -0.3 is 0 Å². The van der Waals surface area contributed by atoms with Gasteiger partial charge in [0.25, 0.3) is 0 Å². The predicted octanol–water partition coefficient (Wildman–Crippen LogP) is 3.87. The molecule has 1 aromatic heterocycles. The molecule has 0 aliphatic rings. The average molecular weight is 249 g/mol. The second kappa shape index (κ2) is 4.34. The van der Waals surface area contributed by atoms with E-state index in [1.807, 2.05) is 0 Å². The molecular formula is C16H29N2+. The van der Waals surface area contributed by atoms with E-state index in [1.165, 1.54) is 11.3 Å². The molecule has 0 N–H and O–H groups in total. The summed E-state index contributed by atoms with van der Waals surface area (Å²) in [5, 5.41) is 0. The Morgan fingerprint density at radius 1 is 0.833 bits per heavy atom. The van der Waals surface area contributed by atoms with Gasteiger partial charge in [0.05, 0.1) is 26.8 Å². The van der Waals surface area contributed by atoms with Crippen molar-refractivity contribution < 1.29 is 0 Å². The van der Waals surface area contributed by atoms with Gasteiger partial charge in [0.2, 0.25) is 5.82 Å². The van der Waals surface area contributed by atoms with Crippen LogP contribution < -0.4 is 4.48 Å². The molecule has 0 unspecified atom stereocenters. The van der Waals surface area contributed by atoms with Gasteiger partial charge in [-0.15, -0.1) is 0 Å². The van der Waals surface area contributed by atoms with Crippen molar-refractivity contribution in [2.24, 2.45) is 0 Å². The molecule has 0 bridgehead atoms. The number of hydrogen-bond acceptors (Lipinski definition) is 1. The zero-order chi connectivity index (χ0) is 14.4. The normalized spacial score (nSPS) is 13.8. The zero-order valence-electron chi connectivity index (χ0n) is 13.5. The fourth-order valence-corrected chi connectivity index (χ4v) is 1.68.